The molecule has 6 heteroatoms. The van der Waals surface area contributed by atoms with Gasteiger partial charge in [0.1, 0.15) is 12.6 Å². The van der Waals surface area contributed by atoms with Gasteiger partial charge in [0.25, 0.3) is 0 Å². The second-order valence-electron chi connectivity index (χ2n) is 6.82. The lowest BCUT2D eigenvalue weighted by Gasteiger charge is -2.28. The molecule has 2 amide bonds. The summed E-state index contributed by atoms with van der Waals surface area (Å²) in [4.78, 5) is 26.7. The number of nitrogens with one attached hydrogen (secondary N) is 1. The van der Waals surface area contributed by atoms with Crippen molar-refractivity contribution in [3.8, 4) is 0 Å². The standard InChI is InChI=1S/C20H33N3O3/c1-4-18(19(24)23(13-8-12-21)14-11-16(2)3)22-20(25)26-15-17-9-6-5-7-10-17/h5-7,9-10,16,18H,4,8,11-15,21H2,1-3H3,(H,22,25)/t18-/m1/s1. The highest BCUT2D eigenvalue weighted by molar-refractivity contribution is 5.85. The van der Waals surface area contributed by atoms with Crippen molar-refractivity contribution in [3.63, 3.8) is 0 Å². The number of amides is 2. The molecule has 0 aliphatic carbocycles. The maximum atomic E-state index is 12.8. The molecule has 0 heterocycles. The highest BCUT2D eigenvalue weighted by Crippen LogP contribution is 2.07. The van der Waals surface area contributed by atoms with Crippen LogP contribution in [0.3, 0.4) is 0 Å². The van der Waals surface area contributed by atoms with E-state index in [1.807, 2.05) is 37.3 Å². The van der Waals surface area contributed by atoms with Crippen LogP contribution in [0.25, 0.3) is 0 Å². The number of nitrogens with zero attached hydrogens (tertiary/aromatic N) is 1. The van der Waals surface area contributed by atoms with E-state index in [9.17, 15) is 9.59 Å². The molecule has 0 aromatic heterocycles. The third-order valence-corrected chi connectivity index (χ3v) is 4.13. The predicted octanol–water partition coefficient (Wildman–Crippen LogP) is 2.91. The fourth-order valence-electron chi connectivity index (χ4n) is 2.49. The molecule has 0 unspecified atom stereocenters. The molecule has 1 aromatic carbocycles. The fraction of sp³-hybridized carbons (Fsp3) is 0.600. The average molecular weight is 364 g/mol. The van der Waals surface area contributed by atoms with Crippen LogP contribution >= 0.6 is 0 Å². The van der Waals surface area contributed by atoms with Gasteiger partial charge in [-0.15, -0.1) is 0 Å². The summed E-state index contributed by atoms with van der Waals surface area (Å²) >= 11 is 0. The molecule has 0 bridgehead atoms. The second-order valence-corrected chi connectivity index (χ2v) is 6.82. The zero-order valence-corrected chi connectivity index (χ0v) is 16.2. The summed E-state index contributed by atoms with van der Waals surface area (Å²) in [6.45, 7) is 8.14. The SMILES string of the molecule is CC[C@@H](NC(=O)OCc1ccccc1)C(=O)N(CCCN)CCC(C)C. The van der Waals surface area contributed by atoms with Gasteiger partial charge in [-0.1, -0.05) is 51.1 Å². The summed E-state index contributed by atoms with van der Waals surface area (Å²) in [5.74, 6) is 0.435. The first-order valence-corrected chi connectivity index (χ1v) is 9.44. The number of benzene rings is 1. The first kappa shape index (κ1) is 22.0. The smallest absolute Gasteiger partial charge is 0.408 e. The van der Waals surface area contributed by atoms with E-state index < -0.39 is 12.1 Å². The molecule has 3 N–H and O–H groups in total. The fourth-order valence-corrected chi connectivity index (χ4v) is 2.49. The van der Waals surface area contributed by atoms with Crippen LogP contribution in [0, 0.1) is 5.92 Å². The molecule has 0 radical (unpaired) electrons. The topological polar surface area (TPSA) is 84.7 Å². The first-order chi connectivity index (χ1) is 12.5. The van der Waals surface area contributed by atoms with Crippen molar-refractivity contribution in [2.75, 3.05) is 19.6 Å². The third kappa shape index (κ3) is 8.34. The molecule has 0 saturated heterocycles. The van der Waals surface area contributed by atoms with E-state index in [0.717, 1.165) is 18.4 Å². The van der Waals surface area contributed by atoms with E-state index in [-0.39, 0.29) is 12.5 Å². The Morgan fingerprint density at radius 2 is 1.88 bits per heavy atom. The molecule has 0 saturated carbocycles. The van der Waals surface area contributed by atoms with Crippen LogP contribution in [0.15, 0.2) is 30.3 Å². The van der Waals surface area contributed by atoms with Gasteiger partial charge in [0, 0.05) is 13.1 Å². The van der Waals surface area contributed by atoms with Crippen LogP contribution in [0.5, 0.6) is 0 Å². The van der Waals surface area contributed by atoms with Crippen LogP contribution in [-0.2, 0) is 16.1 Å². The molecule has 1 aromatic rings. The zero-order valence-electron chi connectivity index (χ0n) is 16.2. The Morgan fingerprint density at radius 3 is 2.46 bits per heavy atom. The normalized spacial score (nSPS) is 11.9. The van der Waals surface area contributed by atoms with Crippen molar-refractivity contribution >= 4 is 12.0 Å². The lowest BCUT2D eigenvalue weighted by atomic mass is 10.1. The summed E-state index contributed by atoms with van der Waals surface area (Å²) in [6.07, 6.45) is 1.61. The van der Waals surface area contributed by atoms with Crippen molar-refractivity contribution in [1.29, 1.82) is 0 Å². The number of carbonyl (C=O) groups excluding carboxylic acids is 2. The molecule has 0 spiro atoms. The summed E-state index contributed by atoms with van der Waals surface area (Å²) < 4.78 is 5.23. The molecule has 1 rings (SSSR count). The summed E-state index contributed by atoms with van der Waals surface area (Å²) in [5.41, 5.74) is 6.50. The number of alkyl carbamates (subject to hydrolysis) is 1. The molecule has 146 valence electrons. The number of hydrogen-bond donors (Lipinski definition) is 2. The van der Waals surface area contributed by atoms with Gasteiger partial charge in [0.15, 0.2) is 0 Å². The second kappa shape index (κ2) is 12.3. The average Bonchev–Trinajstić information content (AvgIpc) is 2.64. The first-order valence-electron chi connectivity index (χ1n) is 9.44. The quantitative estimate of drug-likeness (QED) is 0.633. The Morgan fingerprint density at radius 1 is 1.19 bits per heavy atom. The van der Waals surface area contributed by atoms with Crippen molar-refractivity contribution in [2.45, 2.75) is 52.7 Å². The largest absolute Gasteiger partial charge is 0.445 e. The zero-order chi connectivity index (χ0) is 19.4. The molecule has 1 atom stereocenters. The third-order valence-electron chi connectivity index (χ3n) is 4.13. The summed E-state index contributed by atoms with van der Waals surface area (Å²) in [7, 11) is 0. The van der Waals surface area contributed by atoms with Crippen molar-refractivity contribution in [1.82, 2.24) is 10.2 Å². The molecule has 0 fully saturated rings. The van der Waals surface area contributed by atoms with E-state index >= 15 is 0 Å². The van der Waals surface area contributed by atoms with E-state index in [1.165, 1.54) is 0 Å². The number of hydrogen-bond acceptors (Lipinski definition) is 4. The van der Waals surface area contributed by atoms with Gasteiger partial charge in [-0.2, -0.15) is 0 Å². The minimum atomic E-state index is -0.580. The van der Waals surface area contributed by atoms with E-state index in [1.54, 1.807) is 4.90 Å². The summed E-state index contributed by atoms with van der Waals surface area (Å²) in [6, 6.07) is 8.87. The minimum Gasteiger partial charge on any atom is -0.445 e. The van der Waals surface area contributed by atoms with E-state index in [0.29, 0.717) is 32.0 Å². The Kier molecular flexibility index (Phi) is 10.4. The maximum absolute atomic E-state index is 12.8. The Labute approximate surface area is 157 Å². The highest BCUT2D eigenvalue weighted by Gasteiger charge is 2.24. The molecule has 0 aliphatic heterocycles. The van der Waals surface area contributed by atoms with Crippen LogP contribution in [0.4, 0.5) is 4.79 Å². The van der Waals surface area contributed by atoms with Crippen molar-refractivity contribution in [3.05, 3.63) is 35.9 Å². The van der Waals surface area contributed by atoms with Crippen LogP contribution in [-0.4, -0.2) is 42.6 Å². The van der Waals surface area contributed by atoms with Crippen LogP contribution < -0.4 is 11.1 Å². The highest BCUT2D eigenvalue weighted by atomic mass is 16.5. The molecular weight excluding hydrogens is 330 g/mol. The monoisotopic (exact) mass is 363 g/mol. The minimum absolute atomic E-state index is 0.0711. The summed E-state index contributed by atoms with van der Waals surface area (Å²) in [5, 5.41) is 2.70. The van der Waals surface area contributed by atoms with Gasteiger partial charge >= 0.3 is 6.09 Å². The van der Waals surface area contributed by atoms with E-state index in [2.05, 4.69) is 19.2 Å². The lowest BCUT2D eigenvalue weighted by Crippen LogP contribution is -2.49. The number of ether oxygens (including phenoxy) is 1. The van der Waals surface area contributed by atoms with Gasteiger partial charge < -0.3 is 20.7 Å². The Bertz CT molecular complexity index is 534. The molecule has 0 aliphatic rings. The maximum Gasteiger partial charge on any atom is 0.408 e. The van der Waals surface area contributed by atoms with Crippen molar-refractivity contribution < 1.29 is 14.3 Å². The van der Waals surface area contributed by atoms with Crippen LogP contribution in [0.1, 0.15) is 45.6 Å². The molecule has 6 nitrogen and oxygen atoms in total. The Hall–Kier alpha value is -2.08. The van der Waals surface area contributed by atoms with Gasteiger partial charge in [-0.3, -0.25) is 4.79 Å². The van der Waals surface area contributed by atoms with Crippen LogP contribution in [0.2, 0.25) is 0 Å². The van der Waals surface area contributed by atoms with E-state index in [4.69, 9.17) is 10.5 Å². The van der Waals surface area contributed by atoms with Gasteiger partial charge in [0.05, 0.1) is 0 Å². The van der Waals surface area contributed by atoms with Gasteiger partial charge in [-0.25, -0.2) is 4.79 Å². The van der Waals surface area contributed by atoms with Gasteiger partial charge in [-0.05, 0) is 37.3 Å². The van der Waals surface area contributed by atoms with Crippen molar-refractivity contribution in [2.24, 2.45) is 11.7 Å². The molecule has 26 heavy (non-hydrogen) atoms. The predicted molar refractivity (Wildman–Crippen MR) is 104 cm³/mol. The Balaban J connectivity index is 2.58. The number of rotatable bonds is 11. The number of carbonyl (C=O) groups is 2. The van der Waals surface area contributed by atoms with Gasteiger partial charge in [0.2, 0.25) is 5.91 Å². The number of nitrogens with two attached hydrogens (primary N) is 1. The molecular formula is C20H33N3O3. The lowest BCUT2D eigenvalue weighted by molar-refractivity contribution is -0.133.